The van der Waals surface area contributed by atoms with Crippen molar-refractivity contribution < 1.29 is 17.9 Å². The molecule has 0 N–H and O–H groups in total. The Morgan fingerprint density at radius 3 is 2.52 bits per heavy atom. The van der Waals surface area contributed by atoms with Gasteiger partial charge < -0.3 is 4.74 Å². The molecular weight excluding hydrogens is 277 g/mol. The summed E-state index contributed by atoms with van der Waals surface area (Å²) >= 11 is 0. The zero-order chi connectivity index (χ0) is 15.5. The van der Waals surface area contributed by atoms with E-state index in [9.17, 15) is 13.2 Å². The molecule has 1 nitrogen and oxygen atoms in total. The van der Waals surface area contributed by atoms with Crippen LogP contribution < -0.4 is 0 Å². The van der Waals surface area contributed by atoms with Crippen molar-refractivity contribution in [1.82, 2.24) is 0 Å². The fourth-order valence-electron chi connectivity index (χ4n) is 2.43. The summed E-state index contributed by atoms with van der Waals surface area (Å²) in [5.74, 6) is 0.797. The maximum absolute atomic E-state index is 12.5. The number of hydrogen-bond acceptors (Lipinski definition) is 1. The quantitative estimate of drug-likeness (QED) is 0.721. The molecule has 114 valence electrons. The summed E-state index contributed by atoms with van der Waals surface area (Å²) in [6, 6.07) is 5.16. The molecule has 1 heterocycles. The first-order valence-corrected chi connectivity index (χ1v) is 6.97. The Bertz CT molecular complexity index is 528. The molecule has 1 aromatic carbocycles. The molecule has 0 aliphatic carbocycles. The molecule has 0 saturated carbocycles. The number of halogens is 3. The zero-order valence-corrected chi connectivity index (χ0v) is 12.0. The molecule has 1 fully saturated rings. The van der Waals surface area contributed by atoms with Crippen molar-refractivity contribution in [2.75, 3.05) is 6.61 Å². The van der Waals surface area contributed by atoms with Crippen LogP contribution in [0, 0.1) is 5.41 Å². The highest BCUT2D eigenvalue weighted by Gasteiger charge is 2.31. The van der Waals surface area contributed by atoms with Crippen molar-refractivity contribution >= 4 is 6.08 Å². The molecular formula is C17H19F3O. The van der Waals surface area contributed by atoms with Crippen LogP contribution in [0.15, 0.2) is 42.7 Å². The molecule has 1 saturated heterocycles. The van der Waals surface area contributed by atoms with Crippen molar-refractivity contribution in [3.05, 3.63) is 53.8 Å². The number of alkyl halides is 3. The second kappa shape index (κ2) is 5.96. The second-order valence-corrected chi connectivity index (χ2v) is 5.66. The van der Waals surface area contributed by atoms with Crippen LogP contribution in [0.4, 0.5) is 13.2 Å². The first kappa shape index (κ1) is 15.7. The lowest BCUT2D eigenvalue weighted by atomic mass is 9.79. The van der Waals surface area contributed by atoms with E-state index >= 15 is 0 Å². The van der Waals surface area contributed by atoms with Gasteiger partial charge in [-0.2, -0.15) is 13.2 Å². The van der Waals surface area contributed by atoms with Crippen LogP contribution in [0.3, 0.4) is 0 Å². The third-order valence-electron chi connectivity index (χ3n) is 3.94. The lowest BCUT2D eigenvalue weighted by Crippen LogP contribution is -2.25. The summed E-state index contributed by atoms with van der Waals surface area (Å²) in [7, 11) is 0. The minimum atomic E-state index is -4.28. The van der Waals surface area contributed by atoms with Gasteiger partial charge in [0.2, 0.25) is 0 Å². The Labute approximate surface area is 123 Å². The van der Waals surface area contributed by atoms with Crippen LogP contribution in [0.2, 0.25) is 0 Å². The van der Waals surface area contributed by atoms with Gasteiger partial charge >= 0.3 is 6.18 Å². The maximum Gasteiger partial charge on any atom is 0.416 e. The zero-order valence-electron chi connectivity index (χ0n) is 12.0. The van der Waals surface area contributed by atoms with E-state index in [0.29, 0.717) is 0 Å². The number of allylic oxidation sites excluding steroid dienone is 2. The number of benzene rings is 1. The van der Waals surface area contributed by atoms with Gasteiger partial charge in [0.05, 0.1) is 17.9 Å². The fraction of sp³-hybridized carbons (Fsp3) is 0.412. The molecule has 1 aliphatic heterocycles. The van der Waals surface area contributed by atoms with E-state index in [2.05, 4.69) is 13.5 Å². The molecule has 1 aliphatic rings. The summed E-state index contributed by atoms with van der Waals surface area (Å²) in [4.78, 5) is 0. The van der Waals surface area contributed by atoms with Gasteiger partial charge in [0.15, 0.2) is 0 Å². The van der Waals surface area contributed by atoms with Crippen LogP contribution in [0.25, 0.3) is 6.08 Å². The predicted octanol–water partition coefficient (Wildman–Crippen LogP) is 5.44. The normalized spacial score (nSPS) is 23.3. The first-order chi connectivity index (χ1) is 9.81. The maximum atomic E-state index is 12.5. The molecule has 0 radical (unpaired) electrons. The third-order valence-corrected chi connectivity index (χ3v) is 3.94. The van der Waals surface area contributed by atoms with E-state index in [1.807, 2.05) is 12.2 Å². The molecule has 0 aromatic heterocycles. The van der Waals surface area contributed by atoms with Gasteiger partial charge in [0.25, 0.3) is 0 Å². The highest BCUT2D eigenvalue weighted by atomic mass is 19.4. The lowest BCUT2D eigenvalue weighted by molar-refractivity contribution is -0.137. The van der Waals surface area contributed by atoms with Crippen LogP contribution in [0.1, 0.15) is 37.3 Å². The second-order valence-electron chi connectivity index (χ2n) is 5.66. The fourth-order valence-corrected chi connectivity index (χ4v) is 2.43. The Balaban J connectivity index is 2.00. The average Bonchev–Trinajstić information content (AvgIpc) is 2.42. The Morgan fingerprint density at radius 2 is 1.95 bits per heavy atom. The van der Waals surface area contributed by atoms with Crippen molar-refractivity contribution in [1.29, 1.82) is 0 Å². The number of ether oxygens (including phenoxy) is 1. The van der Waals surface area contributed by atoms with Crippen molar-refractivity contribution in [3.8, 4) is 0 Å². The third kappa shape index (κ3) is 3.90. The number of hydrogen-bond donors (Lipinski definition) is 0. The SMILES string of the molecule is C=C1OCCCC1(C)C/C=C/c1ccc(C(F)(F)F)cc1. The van der Waals surface area contributed by atoms with Crippen molar-refractivity contribution in [3.63, 3.8) is 0 Å². The highest BCUT2D eigenvalue weighted by Crippen LogP contribution is 2.39. The summed E-state index contributed by atoms with van der Waals surface area (Å²) in [5, 5.41) is 0. The molecule has 21 heavy (non-hydrogen) atoms. The van der Waals surface area contributed by atoms with Gasteiger partial charge in [-0.15, -0.1) is 0 Å². The van der Waals surface area contributed by atoms with Gasteiger partial charge in [0, 0.05) is 5.41 Å². The lowest BCUT2D eigenvalue weighted by Gasteiger charge is -2.34. The highest BCUT2D eigenvalue weighted by molar-refractivity contribution is 5.50. The average molecular weight is 296 g/mol. The monoisotopic (exact) mass is 296 g/mol. The summed E-state index contributed by atoms with van der Waals surface area (Å²) in [6.07, 6.45) is 2.32. The smallest absolute Gasteiger partial charge is 0.416 e. The molecule has 0 spiro atoms. The van der Waals surface area contributed by atoms with Gasteiger partial charge in [-0.1, -0.05) is 37.8 Å². The largest absolute Gasteiger partial charge is 0.498 e. The molecule has 1 atom stereocenters. The van der Waals surface area contributed by atoms with Gasteiger partial charge in [0.1, 0.15) is 0 Å². The van der Waals surface area contributed by atoms with E-state index in [1.54, 1.807) is 0 Å². The first-order valence-electron chi connectivity index (χ1n) is 6.97. The topological polar surface area (TPSA) is 9.23 Å². The Kier molecular flexibility index (Phi) is 4.45. The van der Waals surface area contributed by atoms with Gasteiger partial charge in [-0.3, -0.25) is 0 Å². The van der Waals surface area contributed by atoms with E-state index in [-0.39, 0.29) is 5.41 Å². The van der Waals surface area contributed by atoms with Crippen LogP contribution in [-0.4, -0.2) is 6.61 Å². The minimum Gasteiger partial charge on any atom is -0.498 e. The molecule has 1 aromatic rings. The van der Waals surface area contributed by atoms with Crippen LogP contribution in [0.5, 0.6) is 0 Å². The van der Waals surface area contributed by atoms with Crippen LogP contribution >= 0.6 is 0 Å². The van der Waals surface area contributed by atoms with Gasteiger partial charge in [-0.25, -0.2) is 0 Å². The van der Waals surface area contributed by atoms with E-state index in [0.717, 1.165) is 49.3 Å². The molecule has 0 amide bonds. The molecule has 2 rings (SSSR count). The predicted molar refractivity (Wildman–Crippen MR) is 77.5 cm³/mol. The van der Waals surface area contributed by atoms with Crippen LogP contribution in [-0.2, 0) is 10.9 Å². The standard InChI is InChI=1S/C17H19F3O/c1-13-16(2,11-4-12-21-13)10-3-5-14-6-8-15(9-7-14)17(18,19)20/h3,5-9H,1,4,10-12H2,2H3/b5-3+. The molecule has 0 bridgehead atoms. The van der Waals surface area contributed by atoms with E-state index in [1.165, 1.54) is 12.1 Å². The van der Waals surface area contributed by atoms with E-state index in [4.69, 9.17) is 4.74 Å². The molecule has 1 unspecified atom stereocenters. The Hall–Kier alpha value is -1.71. The summed E-state index contributed by atoms with van der Waals surface area (Å²) in [6.45, 7) is 6.77. The van der Waals surface area contributed by atoms with Gasteiger partial charge in [-0.05, 0) is 37.0 Å². The minimum absolute atomic E-state index is 0.0827. The summed E-state index contributed by atoms with van der Waals surface area (Å²) in [5.41, 5.74) is 0.0512. The Morgan fingerprint density at radius 1 is 1.29 bits per heavy atom. The number of rotatable bonds is 3. The van der Waals surface area contributed by atoms with E-state index < -0.39 is 11.7 Å². The van der Waals surface area contributed by atoms with Crippen molar-refractivity contribution in [2.45, 2.75) is 32.4 Å². The summed E-state index contributed by atoms with van der Waals surface area (Å²) < 4.78 is 42.9. The molecule has 4 heteroatoms. The van der Waals surface area contributed by atoms with Crippen molar-refractivity contribution in [2.24, 2.45) is 5.41 Å².